The van der Waals surface area contributed by atoms with Crippen molar-refractivity contribution in [2.45, 2.75) is 6.92 Å². The largest absolute Gasteiger partial charge is 0.467 e. The van der Waals surface area contributed by atoms with Crippen LogP contribution in [0.15, 0.2) is 36.0 Å². The lowest BCUT2D eigenvalue weighted by atomic mass is 10.2. The number of nitrogens with one attached hydrogen (secondary N) is 1. The van der Waals surface area contributed by atoms with Crippen molar-refractivity contribution in [3.8, 4) is 5.88 Å². The van der Waals surface area contributed by atoms with E-state index >= 15 is 0 Å². The average molecular weight is 334 g/mol. The molecule has 2 aromatic heterocycles. The van der Waals surface area contributed by atoms with Gasteiger partial charge >= 0.3 is 0 Å². The molecule has 0 aliphatic heterocycles. The molecule has 2 heterocycles. The molecule has 3 aromatic rings. The second-order valence-corrected chi connectivity index (χ2v) is 5.95. The molecule has 1 amide bonds. The SMILES string of the molecule is Cc1cc(Cl)ccc1NC(=O)COc1ncnc2sccc12. The van der Waals surface area contributed by atoms with Gasteiger partial charge in [0.15, 0.2) is 6.61 Å². The number of fused-ring (bicyclic) bond motifs is 1. The number of aromatic nitrogens is 2. The summed E-state index contributed by atoms with van der Waals surface area (Å²) in [5, 5.41) is 6.13. The zero-order chi connectivity index (χ0) is 15.5. The minimum Gasteiger partial charge on any atom is -0.467 e. The molecule has 0 bridgehead atoms. The van der Waals surface area contributed by atoms with E-state index in [0.29, 0.717) is 16.6 Å². The van der Waals surface area contributed by atoms with Crippen molar-refractivity contribution >= 4 is 44.7 Å². The summed E-state index contributed by atoms with van der Waals surface area (Å²) in [5.41, 5.74) is 1.60. The number of amides is 1. The molecule has 0 aliphatic rings. The Balaban J connectivity index is 1.66. The van der Waals surface area contributed by atoms with Gasteiger partial charge in [-0.05, 0) is 42.1 Å². The monoisotopic (exact) mass is 333 g/mol. The molecule has 0 fully saturated rings. The average Bonchev–Trinajstić information content (AvgIpc) is 2.97. The van der Waals surface area contributed by atoms with E-state index < -0.39 is 0 Å². The first-order chi connectivity index (χ1) is 10.6. The predicted molar refractivity (Wildman–Crippen MR) is 87.7 cm³/mol. The Morgan fingerprint density at radius 1 is 1.36 bits per heavy atom. The molecule has 0 saturated carbocycles. The summed E-state index contributed by atoms with van der Waals surface area (Å²) in [5.74, 6) is 0.154. The third kappa shape index (κ3) is 3.18. The summed E-state index contributed by atoms with van der Waals surface area (Å²) < 4.78 is 5.49. The van der Waals surface area contributed by atoms with Crippen molar-refractivity contribution < 1.29 is 9.53 Å². The maximum atomic E-state index is 12.0. The third-order valence-corrected chi connectivity index (χ3v) is 4.08. The van der Waals surface area contributed by atoms with Crippen LogP contribution in [0.1, 0.15) is 5.56 Å². The van der Waals surface area contributed by atoms with Crippen LogP contribution < -0.4 is 10.1 Å². The minimum absolute atomic E-state index is 0.121. The molecule has 0 spiro atoms. The van der Waals surface area contributed by atoms with E-state index in [4.69, 9.17) is 16.3 Å². The summed E-state index contributed by atoms with van der Waals surface area (Å²) in [6.45, 7) is 1.76. The highest BCUT2D eigenvalue weighted by Crippen LogP contribution is 2.25. The number of halogens is 1. The number of nitrogens with zero attached hydrogens (tertiary/aromatic N) is 2. The molecule has 0 atom stereocenters. The van der Waals surface area contributed by atoms with Crippen molar-refractivity contribution in [2.75, 3.05) is 11.9 Å². The fourth-order valence-electron chi connectivity index (χ4n) is 1.97. The number of rotatable bonds is 4. The van der Waals surface area contributed by atoms with Crippen molar-refractivity contribution in [2.24, 2.45) is 0 Å². The lowest BCUT2D eigenvalue weighted by molar-refractivity contribution is -0.118. The van der Waals surface area contributed by atoms with Gasteiger partial charge in [0.2, 0.25) is 5.88 Å². The molecule has 0 aliphatic carbocycles. The Kier molecular flexibility index (Phi) is 4.22. The topological polar surface area (TPSA) is 64.1 Å². The van der Waals surface area contributed by atoms with Crippen LogP contribution in [-0.4, -0.2) is 22.5 Å². The quantitative estimate of drug-likeness (QED) is 0.791. The van der Waals surface area contributed by atoms with Crippen LogP contribution in [0.4, 0.5) is 5.69 Å². The van der Waals surface area contributed by atoms with Gasteiger partial charge in [0.05, 0.1) is 5.39 Å². The lowest BCUT2D eigenvalue weighted by Gasteiger charge is -2.09. The number of hydrogen-bond acceptors (Lipinski definition) is 5. The Morgan fingerprint density at radius 3 is 3.05 bits per heavy atom. The van der Waals surface area contributed by atoms with E-state index in [1.54, 1.807) is 18.2 Å². The van der Waals surface area contributed by atoms with Gasteiger partial charge in [-0.3, -0.25) is 4.79 Å². The number of anilines is 1. The molecule has 112 valence electrons. The summed E-state index contributed by atoms with van der Waals surface area (Å²) >= 11 is 7.39. The maximum absolute atomic E-state index is 12.0. The number of carbonyl (C=O) groups excluding carboxylic acids is 1. The van der Waals surface area contributed by atoms with Gasteiger partial charge in [-0.15, -0.1) is 11.3 Å². The molecule has 3 rings (SSSR count). The first-order valence-electron chi connectivity index (χ1n) is 6.50. The van der Waals surface area contributed by atoms with Crippen molar-refractivity contribution in [3.05, 3.63) is 46.6 Å². The van der Waals surface area contributed by atoms with E-state index in [2.05, 4.69) is 15.3 Å². The Morgan fingerprint density at radius 2 is 2.23 bits per heavy atom. The van der Waals surface area contributed by atoms with E-state index in [1.165, 1.54) is 17.7 Å². The maximum Gasteiger partial charge on any atom is 0.262 e. The molecule has 1 aromatic carbocycles. The van der Waals surface area contributed by atoms with E-state index in [9.17, 15) is 4.79 Å². The number of benzene rings is 1. The van der Waals surface area contributed by atoms with E-state index in [-0.39, 0.29) is 12.5 Å². The number of carbonyl (C=O) groups is 1. The zero-order valence-corrected chi connectivity index (χ0v) is 13.2. The fraction of sp³-hybridized carbons (Fsp3) is 0.133. The van der Waals surface area contributed by atoms with Crippen LogP contribution >= 0.6 is 22.9 Å². The summed E-state index contributed by atoms with van der Waals surface area (Å²) in [7, 11) is 0. The van der Waals surface area contributed by atoms with Gasteiger partial charge in [-0.1, -0.05) is 11.6 Å². The first-order valence-corrected chi connectivity index (χ1v) is 7.76. The van der Waals surface area contributed by atoms with E-state index in [0.717, 1.165) is 15.8 Å². The van der Waals surface area contributed by atoms with Crippen LogP contribution in [0, 0.1) is 6.92 Å². The van der Waals surface area contributed by atoms with Crippen LogP contribution in [0.3, 0.4) is 0 Å². The van der Waals surface area contributed by atoms with Gasteiger partial charge < -0.3 is 10.1 Å². The molecule has 22 heavy (non-hydrogen) atoms. The van der Waals surface area contributed by atoms with Crippen LogP contribution in [-0.2, 0) is 4.79 Å². The Bertz CT molecular complexity index is 835. The Hall–Kier alpha value is -2.18. The molecule has 0 radical (unpaired) electrons. The highest BCUT2D eigenvalue weighted by molar-refractivity contribution is 7.16. The second-order valence-electron chi connectivity index (χ2n) is 4.61. The van der Waals surface area contributed by atoms with Crippen molar-refractivity contribution in [3.63, 3.8) is 0 Å². The van der Waals surface area contributed by atoms with Gasteiger partial charge in [0, 0.05) is 10.7 Å². The molecular formula is C15H12ClN3O2S. The number of hydrogen-bond donors (Lipinski definition) is 1. The molecule has 5 nitrogen and oxygen atoms in total. The summed E-state index contributed by atoms with van der Waals surface area (Å²) in [6, 6.07) is 7.15. The van der Waals surface area contributed by atoms with Gasteiger partial charge in [0.25, 0.3) is 5.91 Å². The lowest BCUT2D eigenvalue weighted by Crippen LogP contribution is -2.21. The molecule has 0 saturated heterocycles. The number of thiophene rings is 1. The second kappa shape index (κ2) is 6.29. The summed E-state index contributed by atoms with van der Waals surface area (Å²) in [4.78, 5) is 21.0. The smallest absolute Gasteiger partial charge is 0.262 e. The number of aryl methyl sites for hydroxylation is 1. The normalized spacial score (nSPS) is 10.6. The van der Waals surface area contributed by atoms with Crippen molar-refractivity contribution in [1.29, 1.82) is 0 Å². The summed E-state index contributed by atoms with van der Waals surface area (Å²) in [6.07, 6.45) is 1.43. The first kappa shape index (κ1) is 14.7. The van der Waals surface area contributed by atoms with Gasteiger partial charge in [0.1, 0.15) is 11.2 Å². The molecular weight excluding hydrogens is 322 g/mol. The molecule has 1 N–H and O–H groups in total. The predicted octanol–water partition coefficient (Wildman–Crippen LogP) is 3.67. The zero-order valence-electron chi connectivity index (χ0n) is 11.7. The molecule has 7 heteroatoms. The third-order valence-electron chi connectivity index (χ3n) is 3.03. The fourth-order valence-corrected chi connectivity index (χ4v) is 2.92. The van der Waals surface area contributed by atoms with Gasteiger partial charge in [-0.25, -0.2) is 9.97 Å². The van der Waals surface area contributed by atoms with E-state index in [1.807, 2.05) is 18.4 Å². The standard InChI is InChI=1S/C15H12ClN3O2S/c1-9-6-10(16)2-3-12(9)19-13(20)7-21-14-11-4-5-22-15(11)18-8-17-14/h2-6,8H,7H2,1H3,(H,19,20). The highest BCUT2D eigenvalue weighted by atomic mass is 35.5. The van der Waals surface area contributed by atoms with Crippen molar-refractivity contribution in [1.82, 2.24) is 9.97 Å². The van der Waals surface area contributed by atoms with Crippen LogP contribution in [0.5, 0.6) is 5.88 Å². The number of ether oxygens (including phenoxy) is 1. The van der Waals surface area contributed by atoms with Crippen LogP contribution in [0.25, 0.3) is 10.2 Å². The minimum atomic E-state index is -0.257. The molecule has 0 unspecified atom stereocenters. The Labute approximate surface area is 135 Å². The van der Waals surface area contributed by atoms with Gasteiger partial charge in [-0.2, -0.15) is 0 Å². The highest BCUT2D eigenvalue weighted by Gasteiger charge is 2.10. The van der Waals surface area contributed by atoms with Crippen LogP contribution in [0.2, 0.25) is 5.02 Å².